The molecule has 2 atom stereocenters. The fraction of sp³-hybridized carbons (Fsp3) is 0.391. The lowest BCUT2D eigenvalue weighted by molar-refractivity contribution is 0.0424. The quantitative estimate of drug-likeness (QED) is 0.790. The van der Waals surface area contributed by atoms with E-state index < -0.39 is 23.2 Å². The number of fused-ring (bicyclic) bond motifs is 1. The van der Waals surface area contributed by atoms with Crippen LogP contribution in [0, 0.1) is 11.2 Å². The zero-order chi connectivity index (χ0) is 20.5. The van der Waals surface area contributed by atoms with Crippen LogP contribution >= 0.6 is 0 Å². The number of hydrogen-bond donors (Lipinski definition) is 1. The average Bonchev–Trinajstić information content (AvgIpc) is 2.63. The summed E-state index contributed by atoms with van der Waals surface area (Å²) in [5.74, 6) is -0.398. The lowest BCUT2D eigenvalue weighted by Crippen LogP contribution is -2.47. The molecular formula is C23H26FNO3. The van der Waals surface area contributed by atoms with E-state index in [2.05, 4.69) is 5.32 Å². The molecular weight excluding hydrogens is 357 g/mol. The van der Waals surface area contributed by atoms with Crippen molar-refractivity contribution in [1.82, 2.24) is 5.32 Å². The number of benzene rings is 2. The molecule has 0 saturated carbocycles. The van der Waals surface area contributed by atoms with Gasteiger partial charge in [-0.1, -0.05) is 36.4 Å². The van der Waals surface area contributed by atoms with Crippen LogP contribution in [0.25, 0.3) is 0 Å². The summed E-state index contributed by atoms with van der Waals surface area (Å²) in [6, 6.07) is 12.8. The maximum absolute atomic E-state index is 13.5. The monoisotopic (exact) mass is 383 g/mol. The highest BCUT2D eigenvalue weighted by Crippen LogP contribution is 2.44. The molecule has 2 aromatic rings. The number of ketones is 1. The first kappa shape index (κ1) is 20.1. The van der Waals surface area contributed by atoms with Gasteiger partial charge in [0.05, 0.1) is 11.5 Å². The Labute approximate surface area is 165 Å². The molecule has 0 radical (unpaired) electrons. The van der Waals surface area contributed by atoms with E-state index in [0.29, 0.717) is 17.5 Å². The molecule has 148 valence electrons. The number of carbonyl (C=O) groups is 2. The Bertz CT molecular complexity index is 885. The van der Waals surface area contributed by atoms with Crippen molar-refractivity contribution in [2.24, 2.45) is 5.41 Å². The number of carbonyl (C=O) groups excluding carboxylic acids is 2. The van der Waals surface area contributed by atoms with Gasteiger partial charge < -0.3 is 10.1 Å². The Morgan fingerprint density at radius 1 is 1.14 bits per heavy atom. The molecule has 0 unspecified atom stereocenters. The van der Waals surface area contributed by atoms with Crippen LogP contribution in [-0.2, 0) is 11.2 Å². The van der Waals surface area contributed by atoms with Gasteiger partial charge in [-0.05, 0) is 63.8 Å². The van der Waals surface area contributed by atoms with Crippen molar-refractivity contribution in [2.45, 2.75) is 52.2 Å². The summed E-state index contributed by atoms with van der Waals surface area (Å²) in [5.41, 5.74) is 0.821. The van der Waals surface area contributed by atoms with Gasteiger partial charge in [0, 0.05) is 5.56 Å². The number of halogens is 1. The van der Waals surface area contributed by atoms with Crippen molar-refractivity contribution < 1.29 is 18.7 Å². The van der Waals surface area contributed by atoms with E-state index in [0.717, 1.165) is 12.0 Å². The Morgan fingerprint density at radius 3 is 2.43 bits per heavy atom. The minimum absolute atomic E-state index is 0.0280. The molecule has 1 aliphatic rings. The fourth-order valence-corrected chi connectivity index (χ4v) is 3.74. The maximum atomic E-state index is 13.5. The molecule has 0 aliphatic heterocycles. The van der Waals surface area contributed by atoms with E-state index >= 15 is 0 Å². The molecule has 1 aliphatic carbocycles. The highest BCUT2D eigenvalue weighted by atomic mass is 19.1. The molecule has 28 heavy (non-hydrogen) atoms. The molecule has 1 amide bonds. The number of alkyl carbamates (subject to hydrolysis) is 1. The maximum Gasteiger partial charge on any atom is 0.408 e. The largest absolute Gasteiger partial charge is 0.444 e. The van der Waals surface area contributed by atoms with Crippen LogP contribution in [0.3, 0.4) is 0 Å². The summed E-state index contributed by atoms with van der Waals surface area (Å²) in [7, 11) is 0. The van der Waals surface area contributed by atoms with E-state index in [9.17, 15) is 14.0 Å². The van der Waals surface area contributed by atoms with E-state index in [1.54, 1.807) is 32.9 Å². The second-order valence-electron chi connectivity index (χ2n) is 8.53. The summed E-state index contributed by atoms with van der Waals surface area (Å²) in [6.07, 6.45) is 0.696. The Hall–Kier alpha value is -2.69. The molecule has 0 fully saturated rings. The Balaban J connectivity index is 2.00. The first-order valence-electron chi connectivity index (χ1n) is 9.48. The van der Waals surface area contributed by atoms with Gasteiger partial charge in [0.15, 0.2) is 5.78 Å². The van der Waals surface area contributed by atoms with Crippen molar-refractivity contribution in [2.75, 3.05) is 0 Å². The predicted molar refractivity (Wildman–Crippen MR) is 106 cm³/mol. The summed E-state index contributed by atoms with van der Waals surface area (Å²) in [6.45, 7) is 7.20. The molecule has 0 spiro atoms. The molecule has 0 bridgehead atoms. The lowest BCUT2D eigenvalue weighted by atomic mass is 9.66. The standard InChI is InChI=1S/C23H26FNO3/c1-22(2,3)28-21(27)25-19(16-9-11-17(24)12-10-16)23(4)14-13-15-7-5-6-8-18(15)20(23)26/h5-12,19H,13-14H2,1-4H3,(H,25,27)/t19-,23+/m0/s1. The number of hydrogen-bond acceptors (Lipinski definition) is 3. The van der Waals surface area contributed by atoms with Crippen molar-refractivity contribution in [3.05, 3.63) is 71.0 Å². The highest BCUT2D eigenvalue weighted by Gasteiger charge is 2.46. The van der Waals surface area contributed by atoms with Gasteiger partial charge in [0.25, 0.3) is 0 Å². The second-order valence-corrected chi connectivity index (χ2v) is 8.53. The van der Waals surface area contributed by atoms with E-state index in [1.165, 1.54) is 12.1 Å². The number of ether oxygens (including phenoxy) is 1. The molecule has 5 heteroatoms. The number of aryl methyl sites for hydroxylation is 1. The Kier molecular flexibility index (Phi) is 5.28. The predicted octanol–water partition coefficient (Wildman–Crippen LogP) is 5.23. The van der Waals surface area contributed by atoms with Crippen LogP contribution in [0.2, 0.25) is 0 Å². The minimum atomic E-state index is -0.872. The van der Waals surface area contributed by atoms with Crippen molar-refractivity contribution in [3.8, 4) is 0 Å². The average molecular weight is 383 g/mol. The first-order chi connectivity index (χ1) is 13.1. The molecule has 4 nitrogen and oxygen atoms in total. The third-order valence-corrected chi connectivity index (χ3v) is 5.20. The van der Waals surface area contributed by atoms with Crippen LogP contribution in [-0.4, -0.2) is 17.5 Å². The lowest BCUT2D eigenvalue weighted by Gasteiger charge is -2.40. The van der Waals surface area contributed by atoms with Crippen molar-refractivity contribution in [3.63, 3.8) is 0 Å². The van der Waals surface area contributed by atoms with E-state index in [-0.39, 0.29) is 11.6 Å². The highest BCUT2D eigenvalue weighted by molar-refractivity contribution is 6.03. The molecule has 0 saturated heterocycles. The SMILES string of the molecule is CC(C)(C)OC(=O)N[C@@H](c1ccc(F)cc1)[C@@]1(C)CCc2ccccc2C1=O. The van der Waals surface area contributed by atoms with Gasteiger partial charge >= 0.3 is 6.09 Å². The molecule has 2 aromatic carbocycles. The number of Topliss-reactive ketones (excluding diaryl/α,β-unsaturated/α-hetero) is 1. The van der Waals surface area contributed by atoms with Crippen LogP contribution in [0.15, 0.2) is 48.5 Å². The van der Waals surface area contributed by atoms with Gasteiger partial charge in [-0.15, -0.1) is 0 Å². The number of amides is 1. The topological polar surface area (TPSA) is 55.4 Å². The molecule has 3 rings (SSSR count). The van der Waals surface area contributed by atoms with Gasteiger partial charge in [0.1, 0.15) is 11.4 Å². The summed E-state index contributed by atoms with van der Waals surface area (Å²) < 4.78 is 18.9. The Morgan fingerprint density at radius 2 is 1.79 bits per heavy atom. The second kappa shape index (κ2) is 7.38. The molecule has 0 heterocycles. The van der Waals surface area contributed by atoms with Crippen LogP contribution < -0.4 is 5.32 Å². The zero-order valence-electron chi connectivity index (χ0n) is 16.7. The van der Waals surface area contributed by atoms with Crippen LogP contribution in [0.5, 0.6) is 0 Å². The van der Waals surface area contributed by atoms with Crippen molar-refractivity contribution >= 4 is 11.9 Å². The molecule has 0 aromatic heterocycles. The smallest absolute Gasteiger partial charge is 0.408 e. The van der Waals surface area contributed by atoms with Gasteiger partial charge in [-0.3, -0.25) is 4.79 Å². The van der Waals surface area contributed by atoms with E-state index in [1.807, 2.05) is 31.2 Å². The summed E-state index contributed by atoms with van der Waals surface area (Å²) in [4.78, 5) is 25.9. The number of rotatable bonds is 3. The van der Waals surface area contributed by atoms with Crippen LogP contribution in [0.4, 0.5) is 9.18 Å². The third kappa shape index (κ3) is 4.08. The minimum Gasteiger partial charge on any atom is -0.444 e. The zero-order valence-corrected chi connectivity index (χ0v) is 16.7. The third-order valence-electron chi connectivity index (χ3n) is 5.20. The molecule has 1 N–H and O–H groups in total. The van der Waals surface area contributed by atoms with Crippen LogP contribution in [0.1, 0.15) is 61.6 Å². The first-order valence-corrected chi connectivity index (χ1v) is 9.48. The van der Waals surface area contributed by atoms with Crippen molar-refractivity contribution in [1.29, 1.82) is 0 Å². The summed E-state index contributed by atoms with van der Waals surface area (Å²) >= 11 is 0. The normalized spacial score (nSPS) is 20.2. The fourth-order valence-electron chi connectivity index (χ4n) is 3.74. The van der Waals surface area contributed by atoms with Gasteiger partial charge in [-0.2, -0.15) is 0 Å². The van der Waals surface area contributed by atoms with Gasteiger partial charge in [0.2, 0.25) is 0 Å². The number of nitrogens with one attached hydrogen (secondary N) is 1. The van der Waals surface area contributed by atoms with Gasteiger partial charge in [-0.25, -0.2) is 9.18 Å². The summed E-state index contributed by atoms with van der Waals surface area (Å²) in [5, 5.41) is 2.88. The van der Waals surface area contributed by atoms with E-state index in [4.69, 9.17) is 4.74 Å².